The van der Waals surface area contributed by atoms with Gasteiger partial charge in [-0.05, 0) is 24.0 Å². The van der Waals surface area contributed by atoms with Crippen molar-refractivity contribution < 1.29 is 12.8 Å². The summed E-state index contributed by atoms with van der Waals surface area (Å²) in [6, 6.07) is 4.10. The Morgan fingerprint density at radius 1 is 1.42 bits per heavy atom. The largest absolute Gasteiger partial charge is 0.345 e. The minimum absolute atomic E-state index is 0.0245. The molecular formula is C12H15FN2O2S2. The Bertz CT molecular complexity index is 695. The number of nitrogens with two attached hydrogens (primary N) is 1. The molecule has 0 unspecified atom stereocenters. The van der Waals surface area contributed by atoms with Gasteiger partial charge in [-0.25, -0.2) is 17.9 Å². The van der Waals surface area contributed by atoms with Gasteiger partial charge in [-0.15, -0.1) is 0 Å². The van der Waals surface area contributed by atoms with Crippen LogP contribution >= 0.6 is 11.8 Å². The first-order valence-corrected chi connectivity index (χ1v) is 8.52. The summed E-state index contributed by atoms with van der Waals surface area (Å²) in [5.74, 6) is 1.38. The van der Waals surface area contributed by atoms with Gasteiger partial charge in [0.25, 0.3) is 0 Å². The second-order valence-corrected chi connectivity index (χ2v) is 7.01. The zero-order chi connectivity index (χ0) is 14.0. The molecule has 2 aromatic rings. The highest BCUT2D eigenvalue weighted by Gasteiger charge is 2.17. The maximum Gasteiger partial charge on any atom is 0.240 e. The molecule has 104 valence electrons. The SMILES string of the molecule is CCSCCn1cc(S(N)(=O)=O)c2cc(F)ccc21. The van der Waals surface area contributed by atoms with Gasteiger partial charge in [-0.3, -0.25) is 0 Å². The number of hydrogen-bond donors (Lipinski definition) is 1. The van der Waals surface area contributed by atoms with E-state index >= 15 is 0 Å². The van der Waals surface area contributed by atoms with E-state index in [0.717, 1.165) is 11.5 Å². The Kier molecular flexibility index (Phi) is 4.17. The molecule has 2 N–H and O–H groups in total. The van der Waals surface area contributed by atoms with Crippen LogP contribution in [0.4, 0.5) is 4.39 Å². The molecule has 0 bridgehead atoms. The van der Waals surface area contributed by atoms with Crippen molar-refractivity contribution in [2.45, 2.75) is 18.4 Å². The molecule has 4 nitrogen and oxygen atoms in total. The van der Waals surface area contributed by atoms with Gasteiger partial charge in [0.2, 0.25) is 10.0 Å². The summed E-state index contributed by atoms with van der Waals surface area (Å²) in [7, 11) is -3.85. The maximum absolute atomic E-state index is 13.3. The van der Waals surface area contributed by atoms with Crippen LogP contribution in [-0.4, -0.2) is 24.5 Å². The molecule has 0 aliphatic rings. The first-order chi connectivity index (χ1) is 8.93. The van der Waals surface area contributed by atoms with Crippen LogP contribution in [0.25, 0.3) is 10.9 Å². The third-order valence-corrected chi connectivity index (χ3v) is 4.61. The molecule has 1 aromatic heterocycles. The van der Waals surface area contributed by atoms with E-state index < -0.39 is 15.8 Å². The van der Waals surface area contributed by atoms with Crippen molar-refractivity contribution in [2.24, 2.45) is 5.14 Å². The first-order valence-electron chi connectivity index (χ1n) is 5.82. The van der Waals surface area contributed by atoms with Gasteiger partial charge in [-0.1, -0.05) is 6.92 Å². The molecule has 1 heterocycles. The number of aryl methyl sites for hydroxylation is 1. The van der Waals surface area contributed by atoms with Crippen LogP contribution in [-0.2, 0) is 16.6 Å². The number of thioether (sulfide) groups is 1. The standard InChI is InChI=1S/C12H15FN2O2S2/c1-2-18-6-5-15-8-12(19(14,16)17)10-7-9(13)3-4-11(10)15/h3-4,7-8H,2,5-6H2,1H3,(H2,14,16,17). The van der Waals surface area contributed by atoms with E-state index in [4.69, 9.17) is 5.14 Å². The van der Waals surface area contributed by atoms with Crippen LogP contribution in [0.1, 0.15) is 6.92 Å². The van der Waals surface area contributed by atoms with Crippen molar-refractivity contribution in [3.05, 3.63) is 30.2 Å². The number of primary sulfonamides is 1. The minimum Gasteiger partial charge on any atom is -0.345 e. The fraction of sp³-hybridized carbons (Fsp3) is 0.333. The molecule has 0 spiro atoms. The van der Waals surface area contributed by atoms with E-state index in [0.29, 0.717) is 17.4 Å². The lowest BCUT2D eigenvalue weighted by Crippen LogP contribution is -2.11. The van der Waals surface area contributed by atoms with E-state index in [9.17, 15) is 12.8 Å². The lowest BCUT2D eigenvalue weighted by molar-refractivity contribution is 0.598. The number of rotatable bonds is 5. The molecule has 0 radical (unpaired) electrons. The molecule has 0 amide bonds. The van der Waals surface area contributed by atoms with Crippen molar-refractivity contribution >= 4 is 32.7 Å². The first kappa shape index (κ1) is 14.4. The van der Waals surface area contributed by atoms with Gasteiger partial charge in [0.05, 0.1) is 0 Å². The second-order valence-electron chi connectivity index (χ2n) is 4.09. The minimum atomic E-state index is -3.85. The number of nitrogens with zero attached hydrogens (tertiary/aromatic N) is 1. The molecule has 0 aliphatic heterocycles. The Balaban J connectivity index is 2.54. The van der Waals surface area contributed by atoms with Crippen molar-refractivity contribution in [2.75, 3.05) is 11.5 Å². The smallest absolute Gasteiger partial charge is 0.240 e. The monoisotopic (exact) mass is 302 g/mol. The molecule has 0 saturated carbocycles. The molecule has 0 atom stereocenters. The summed E-state index contributed by atoms with van der Waals surface area (Å²) in [6.45, 7) is 2.72. The zero-order valence-electron chi connectivity index (χ0n) is 10.5. The lowest BCUT2D eigenvalue weighted by atomic mass is 10.2. The molecule has 0 saturated heterocycles. The fourth-order valence-electron chi connectivity index (χ4n) is 1.96. The number of halogens is 1. The normalized spacial score (nSPS) is 12.2. The van der Waals surface area contributed by atoms with Crippen molar-refractivity contribution in [1.29, 1.82) is 0 Å². The third-order valence-electron chi connectivity index (χ3n) is 2.79. The highest BCUT2D eigenvalue weighted by molar-refractivity contribution is 7.99. The Labute approximate surface area is 115 Å². The molecule has 0 aliphatic carbocycles. The molecule has 0 fully saturated rings. The van der Waals surface area contributed by atoms with Crippen molar-refractivity contribution in [3.63, 3.8) is 0 Å². The van der Waals surface area contributed by atoms with Gasteiger partial charge < -0.3 is 4.57 Å². The Morgan fingerprint density at radius 3 is 2.79 bits per heavy atom. The molecule has 1 aromatic carbocycles. The molecular weight excluding hydrogens is 287 g/mol. The second kappa shape index (κ2) is 5.52. The lowest BCUT2D eigenvalue weighted by Gasteiger charge is -2.03. The Morgan fingerprint density at radius 2 is 2.16 bits per heavy atom. The highest BCUT2D eigenvalue weighted by atomic mass is 32.2. The van der Waals surface area contributed by atoms with Crippen LogP contribution in [0.3, 0.4) is 0 Å². The van der Waals surface area contributed by atoms with Crippen LogP contribution in [0.5, 0.6) is 0 Å². The predicted octanol–water partition coefficient (Wildman–Crippen LogP) is 2.18. The maximum atomic E-state index is 13.3. The van der Waals surface area contributed by atoms with Gasteiger partial charge in [0.15, 0.2) is 0 Å². The summed E-state index contributed by atoms with van der Waals surface area (Å²) < 4.78 is 38.2. The summed E-state index contributed by atoms with van der Waals surface area (Å²) in [5.41, 5.74) is 0.683. The van der Waals surface area contributed by atoms with E-state index in [2.05, 4.69) is 6.92 Å². The predicted molar refractivity (Wildman–Crippen MR) is 76.3 cm³/mol. The molecule has 2 rings (SSSR count). The average molecular weight is 302 g/mol. The number of benzene rings is 1. The van der Waals surface area contributed by atoms with Gasteiger partial charge >= 0.3 is 0 Å². The van der Waals surface area contributed by atoms with Crippen molar-refractivity contribution in [1.82, 2.24) is 4.57 Å². The Hall–Kier alpha value is -1.05. The topological polar surface area (TPSA) is 65.1 Å². The third kappa shape index (κ3) is 3.10. The fourth-order valence-corrected chi connectivity index (χ4v) is 3.31. The number of sulfonamides is 1. The van der Waals surface area contributed by atoms with Gasteiger partial charge in [0, 0.05) is 29.4 Å². The number of fused-ring (bicyclic) bond motifs is 1. The number of hydrogen-bond acceptors (Lipinski definition) is 3. The summed E-state index contributed by atoms with van der Waals surface area (Å²) in [6.07, 6.45) is 1.48. The van der Waals surface area contributed by atoms with Gasteiger partial charge in [0.1, 0.15) is 10.7 Å². The van der Waals surface area contributed by atoms with Crippen LogP contribution in [0.2, 0.25) is 0 Å². The van der Waals surface area contributed by atoms with E-state index in [1.807, 2.05) is 0 Å². The summed E-state index contributed by atoms with van der Waals surface area (Å²) >= 11 is 1.76. The number of aromatic nitrogens is 1. The molecule has 19 heavy (non-hydrogen) atoms. The zero-order valence-corrected chi connectivity index (χ0v) is 12.1. The van der Waals surface area contributed by atoms with Crippen LogP contribution < -0.4 is 5.14 Å². The van der Waals surface area contributed by atoms with Crippen molar-refractivity contribution in [3.8, 4) is 0 Å². The summed E-state index contributed by atoms with van der Waals surface area (Å²) in [5, 5.41) is 5.51. The highest BCUT2D eigenvalue weighted by Crippen LogP contribution is 2.25. The molecule has 7 heteroatoms. The average Bonchev–Trinajstić information content (AvgIpc) is 2.67. The van der Waals surface area contributed by atoms with E-state index in [-0.39, 0.29) is 4.90 Å². The van der Waals surface area contributed by atoms with E-state index in [1.54, 1.807) is 22.4 Å². The van der Waals surface area contributed by atoms with Crippen LogP contribution in [0.15, 0.2) is 29.3 Å². The summed E-state index contributed by atoms with van der Waals surface area (Å²) in [4.78, 5) is -0.0245. The van der Waals surface area contributed by atoms with Crippen LogP contribution in [0, 0.1) is 5.82 Å². The van der Waals surface area contributed by atoms with Gasteiger partial charge in [-0.2, -0.15) is 11.8 Å². The van der Waals surface area contributed by atoms with E-state index in [1.165, 1.54) is 18.3 Å². The quantitative estimate of drug-likeness (QED) is 0.861.